The fourth-order valence-corrected chi connectivity index (χ4v) is 0. The zero-order valence-corrected chi connectivity index (χ0v) is 11.5. The third kappa shape index (κ3) is 253. The molecule has 0 atom stereocenters. The molecule has 0 aromatic carbocycles. The van der Waals surface area contributed by atoms with Crippen molar-refractivity contribution in [2.24, 2.45) is 0 Å². The molecule has 0 aliphatic carbocycles. The first kappa shape index (κ1) is 461. The van der Waals surface area contributed by atoms with Gasteiger partial charge in [-0.2, -0.15) is 0 Å². The summed E-state index contributed by atoms with van der Waals surface area (Å²) in [6.07, 6.45) is 0. The maximum absolute atomic E-state index is 0. The molecule has 0 spiro atoms. The Bertz CT molecular complexity index is 13.0. The van der Waals surface area contributed by atoms with Gasteiger partial charge in [-0.3, -0.25) is 0 Å². The summed E-state index contributed by atoms with van der Waals surface area (Å²) in [5, 5.41) is 0. The molecule has 10 heteroatoms. The second-order valence-corrected chi connectivity index (χ2v) is 0. The zero-order valence-electron chi connectivity index (χ0n) is 5.71. The van der Waals surface area contributed by atoms with E-state index in [1.807, 2.05) is 0 Å². The summed E-state index contributed by atoms with van der Waals surface area (Å²) >= 11 is 0. The van der Waals surface area contributed by atoms with Gasteiger partial charge in [0, 0.05) is 0 Å². The van der Waals surface area contributed by atoms with E-state index in [1.54, 1.807) is 0 Å². The summed E-state index contributed by atoms with van der Waals surface area (Å²) in [6, 6.07) is 0. The number of hydrogen-bond donors (Lipinski definition) is 6. The van der Waals surface area contributed by atoms with Gasteiger partial charge < -0.3 is 87.8 Å². The van der Waals surface area contributed by atoms with Crippen molar-refractivity contribution in [2.45, 2.75) is 0 Å². The van der Waals surface area contributed by atoms with Crippen LogP contribution in [0, 0.1) is 0 Å². The van der Waals surface area contributed by atoms with Crippen LogP contribution >= 0.6 is 0 Å². The summed E-state index contributed by atoms with van der Waals surface area (Å²) in [7, 11) is 0. The minimum Gasteiger partial charge on any atom is -1.00 e. The zero-order chi connectivity index (χ0) is 0. The second-order valence-electron chi connectivity index (χ2n) is 0. The van der Waals surface area contributed by atoms with Crippen LogP contribution in [0.15, 0.2) is 0 Å². The van der Waals surface area contributed by atoms with Crippen LogP contribution in [0.3, 0.4) is 0 Å². The van der Waals surface area contributed by atoms with Crippen LogP contribution in [0.2, 0.25) is 0 Å². The Labute approximate surface area is 104 Å². The van der Waals surface area contributed by atoms with Gasteiger partial charge in [-0.05, 0) is 0 Å². The normalized spacial score (nSPS) is 0. The molecule has 6 nitrogen and oxygen atoms in total. The Morgan fingerprint density at radius 2 is 0.300 bits per heavy atom. The van der Waals surface area contributed by atoms with E-state index in [9.17, 15) is 0 Å². The van der Waals surface area contributed by atoms with Crippen molar-refractivity contribution < 1.29 is 67.7 Å². The van der Waals surface area contributed by atoms with Gasteiger partial charge in [0.2, 0.25) is 0 Å². The van der Waals surface area contributed by atoms with Gasteiger partial charge >= 0.3 is 16.8 Å². The average Bonchev–Trinajstić information content (AvgIpc) is 0. The molecule has 0 amide bonds. The van der Waals surface area contributed by atoms with Gasteiger partial charge in [-0.1, -0.05) is 0 Å². The Morgan fingerprint density at radius 1 is 0.300 bits per heavy atom. The quantitative estimate of drug-likeness (QED) is 0.232. The summed E-state index contributed by atoms with van der Waals surface area (Å²) in [5.41, 5.74) is 0. The number of rotatable bonds is 0. The molecule has 0 aromatic rings. The summed E-state index contributed by atoms with van der Waals surface area (Å²) in [5.74, 6) is 0. The Balaban J connectivity index is 0. The van der Waals surface area contributed by atoms with E-state index in [-0.39, 0.29) is 105 Å². The van der Waals surface area contributed by atoms with E-state index < -0.39 is 0 Å². The molecule has 0 bridgehead atoms. The second kappa shape index (κ2) is 346. The van der Waals surface area contributed by atoms with Gasteiger partial charge in [0.1, 0.15) is 0 Å². The third-order valence-corrected chi connectivity index (χ3v) is 0. The summed E-state index contributed by atoms with van der Waals surface area (Å²) < 4.78 is 0. The maximum atomic E-state index is 0. The molecular weight excluding hydrogens is 383 g/mol. The molecule has 0 heterocycles. The van der Waals surface area contributed by atoms with Crippen LogP contribution in [0.1, 0.15) is 0 Å². The van der Waals surface area contributed by atoms with E-state index in [0.29, 0.717) is 0 Å². The van der Waals surface area contributed by atoms with Crippen molar-refractivity contribution in [3.05, 3.63) is 0 Å². The van der Waals surface area contributed by atoms with E-state index in [2.05, 4.69) is 0 Å². The SMILES string of the molecule is N.N.N.N.N.N.[Br-].[Br-].[Br-].[Co+3]. The molecule has 78 valence electrons. The fraction of sp³-hybridized carbons (Fsp3) is 0. The smallest absolute Gasteiger partial charge is 1.00 e. The van der Waals surface area contributed by atoms with Crippen molar-refractivity contribution >= 4 is 0 Å². The monoisotopic (exact) mass is 398 g/mol. The first-order chi connectivity index (χ1) is 0. The molecule has 0 rings (SSSR count). The van der Waals surface area contributed by atoms with Crippen molar-refractivity contribution in [3.63, 3.8) is 0 Å². The maximum Gasteiger partial charge on any atom is 3.00 e. The molecule has 0 aromatic heterocycles. The predicted molar refractivity (Wildman–Crippen MR) is 30.1 cm³/mol. The van der Waals surface area contributed by atoms with Crippen LogP contribution in [0.5, 0.6) is 0 Å². The molecule has 0 saturated carbocycles. The molecule has 0 aliphatic heterocycles. The molecule has 0 fully saturated rings. The van der Waals surface area contributed by atoms with Crippen LogP contribution in [0.25, 0.3) is 0 Å². The first-order valence-electron chi connectivity index (χ1n) is 0. The van der Waals surface area contributed by atoms with Crippen LogP contribution in [0.4, 0.5) is 0 Å². The van der Waals surface area contributed by atoms with Crippen molar-refractivity contribution in [1.82, 2.24) is 36.9 Å². The van der Waals surface area contributed by atoms with Gasteiger partial charge in [-0.25, -0.2) is 0 Å². The average molecular weight is 401 g/mol. The molecule has 0 unspecified atom stereocenters. The van der Waals surface area contributed by atoms with Crippen LogP contribution in [-0.2, 0) is 16.8 Å². The minimum atomic E-state index is 0. The Hall–Kier alpha value is 1.71. The van der Waals surface area contributed by atoms with Gasteiger partial charge in [0.25, 0.3) is 0 Å². The van der Waals surface area contributed by atoms with Gasteiger partial charge in [-0.15, -0.1) is 0 Å². The third-order valence-electron chi connectivity index (χ3n) is 0. The van der Waals surface area contributed by atoms with Gasteiger partial charge in [0.15, 0.2) is 0 Å². The topological polar surface area (TPSA) is 210 Å². The van der Waals surface area contributed by atoms with E-state index in [0.717, 1.165) is 0 Å². The predicted octanol–water partition coefficient (Wildman–Crippen LogP) is -8.02. The number of hydrogen-bond acceptors (Lipinski definition) is 6. The summed E-state index contributed by atoms with van der Waals surface area (Å²) in [6.45, 7) is 0. The standard InChI is InChI=1S/3BrH.Co.6H3N/h3*1H;;6*1H3/q;;;+3;;;;;;/p-3. The molecule has 0 radical (unpaired) electrons. The molecule has 18 N–H and O–H groups in total. The van der Waals surface area contributed by atoms with E-state index in [1.165, 1.54) is 0 Å². The molecule has 0 aliphatic rings. The molecule has 0 saturated heterocycles. The largest absolute Gasteiger partial charge is 3.00 e. The van der Waals surface area contributed by atoms with E-state index >= 15 is 0 Å². The van der Waals surface area contributed by atoms with Crippen LogP contribution < -0.4 is 87.8 Å². The van der Waals surface area contributed by atoms with Gasteiger partial charge in [0.05, 0.1) is 0 Å². The minimum absolute atomic E-state index is 0. The van der Waals surface area contributed by atoms with Crippen molar-refractivity contribution in [2.75, 3.05) is 0 Å². The van der Waals surface area contributed by atoms with Crippen molar-refractivity contribution in [1.29, 1.82) is 0 Å². The first-order valence-corrected chi connectivity index (χ1v) is 0. The van der Waals surface area contributed by atoms with Crippen molar-refractivity contribution in [3.8, 4) is 0 Å². The Kier molecular flexibility index (Phi) is 16000. The Morgan fingerprint density at radius 3 is 0.300 bits per heavy atom. The molecule has 10 heavy (non-hydrogen) atoms. The summed E-state index contributed by atoms with van der Waals surface area (Å²) in [4.78, 5) is 0. The number of halogens is 3. The van der Waals surface area contributed by atoms with E-state index in [4.69, 9.17) is 0 Å². The molecular formula is H18Br3CoN6. The van der Waals surface area contributed by atoms with Crippen LogP contribution in [-0.4, -0.2) is 0 Å². The fourth-order valence-electron chi connectivity index (χ4n) is 0.